The topological polar surface area (TPSA) is 57.5 Å². The first-order valence-corrected chi connectivity index (χ1v) is 4.88. The van der Waals surface area contributed by atoms with Gasteiger partial charge in [-0.25, -0.2) is 0 Å². The van der Waals surface area contributed by atoms with E-state index in [1.807, 2.05) is 0 Å². The highest BCUT2D eigenvalue weighted by Gasteiger charge is 2.20. The number of phenolic OH excluding ortho intramolecular Hbond substituents is 2. The lowest BCUT2D eigenvalue weighted by Crippen LogP contribution is -2.02. The molecule has 0 bridgehead atoms. The number of carbonyl (C=O) groups is 1. The zero-order valence-corrected chi connectivity index (χ0v) is 8.27. The van der Waals surface area contributed by atoms with E-state index in [0.29, 0.717) is 10.9 Å². The van der Waals surface area contributed by atoms with Crippen LogP contribution in [0, 0.1) is 0 Å². The van der Waals surface area contributed by atoms with Crippen LogP contribution in [0.4, 0.5) is 0 Å². The predicted molar refractivity (Wildman–Crippen MR) is 60.6 cm³/mol. The van der Waals surface area contributed by atoms with Crippen molar-refractivity contribution in [3.05, 3.63) is 41.5 Å². The number of allylic oxidation sites excluding steroid dienone is 1. The maximum absolute atomic E-state index is 11.7. The maximum Gasteiger partial charge on any atom is 0.190 e. The van der Waals surface area contributed by atoms with Crippen LogP contribution in [-0.2, 0) is 0 Å². The van der Waals surface area contributed by atoms with Gasteiger partial charge in [-0.15, -0.1) is 0 Å². The lowest BCUT2D eigenvalue weighted by Gasteiger charge is -2.14. The molecule has 0 spiro atoms. The van der Waals surface area contributed by atoms with Crippen LogP contribution in [0.2, 0.25) is 0 Å². The molecule has 0 radical (unpaired) electrons. The second-order valence-electron chi connectivity index (χ2n) is 3.75. The van der Waals surface area contributed by atoms with Gasteiger partial charge in [-0.05, 0) is 29.7 Å². The minimum Gasteiger partial charge on any atom is -0.507 e. The number of carbonyl (C=O) groups excluding carboxylic acids is 1. The Balaban J connectivity index is 2.61. The molecule has 0 unspecified atom stereocenters. The summed E-state index contributed by atoms with van der Waals surface area (Å²) in [4.78, 5) is 11.7. The van der Waals surface area contributed by atoms with Crippen LogP contribution in [0.1, 0.15) is 15.9 Å². The second-order valence-corrected chi connectivity index (χ2v) is 3.75. The van der Waals surface area contributed by atoms with E-state index in [-0.39, 0.29) is 22.8 Å². The first kappa shape index (κ1) is 8.97. The molecule has 0 fully saturated rings. The van der Waals surface area contributed by atoms with E-state index in [4.69, 9.17) is 0 Å². The molecule has 1 aliphatic rings. The molecule has 2 N–H and O–H groups in total. The first-order chi connectivity index (χ1) is 7.68. The van der Waals surface area contributed by atoms with Crippen molar-refractivity contribution in [1.29, 1.82) is 0 Å². The summed E-state index contributed by atoms with van der Waals surface area (Å²) in [6, 6.07) is 6.53. The van der Waals surface area contributed by atoms with Crippen LogP contribution in [0.25, 0.3) is 16.8 Å². The second kappa shape index (κ2) is 2.85. The molecule has 2 aromatic carbocycles. The number of phenols is 2. The summed E-state index contributed by atoms with van der Waals surface area (Å²) in [7, 11) is 0. The Morgan fingerprint density at radius 1 is 0.875 bits per heavy atom. The van der Waals surface area contributed by atoms with E-state index in [1.165, 1.54) is 12.1 Å². The third-order valence-electron chi connectivity index (χ3n) is 2.83. The Morgan fingerprint density at radius 2 is 1.56 bits per heavy atom. The van der Waals surface area contributed by atoms with E-state index in [0.717, 1.165) is 5.39 Å². The summed E-state index contributed by atoms with van der Waals surface area (Å²) in [6.45, 7) is 0. The average Bonchev–Trinajstić information content (AvgIpc) is 2.27. The smallest absolute Gasteiger partial charge is 0.190 e. The average molecular weight is 212 g/mol. The van der Waals surface area contributed by atoms with Gasteiger partial charge in [0.25, 0.3) is 0 Å². The fraction of sp³-hybridized carbons (Fsp3) is 0. The Labute approximate surface area is 91.3 Å². The van der Waals surface area contributed by atoms with Crippen molar-refractivity contribution in [2.24, 2.45) is 0 Å². The zero-order chi connectivity index (χ0) is 11.3. The molecule has 0 amide bonds. The number of rotatable bonds is 0. The molecule has 0 saturated heterocycles. The van der Waals surface area contributed by atoms with Gasteiger partial charge in [-0.2, -0.15) is 0 Å². The molecule has 0 aliphatic heterocycles. The highest BCUT2D eigenvalue weighted by Crippen LogP contribution is 2.37. The van der Waals surface area contributed by atoms with Crippen molar-refractivity contribution in [3.8, 4) is 11.5 Å². The summed E-state index contributed by atoms with van der Waals surface area (Å²) in [6.07, 6.45) is 2.93. The molecular weight excluding hydrogens is 204 g/mol. The van der Waals surface area contributed by atoms with Crippen molar-refractivity contribution >= 4 is 22.6 Å². The van der Waals surface area contributed by atoms with Crippen molar-refractivity contribution in [2.45, 2.75) is 0 Å². The zero-order valence-electron chi connectivity index (χ0n) is 8.27. The van der Waals surface area contributed by atoms with Crippen molar-refractivity contribution < 1.29 is 15.0 Å². The van der Waals surface area contributed by atoms with Gasteiger partial charge in [0.1, 0.15) is 11.5 Å². The van der Waals surface area contributed by atoms with Crippen LogP contribution in [0.5, 0.6) is 11.5 Å². The van der Waals surface area contributed by atoms with Gasteiger partial charge < -0.3 is 10.2 Å². The predicted octanol–water partition coefficient (Wildman–Crippen LogP) is 2.46. The largest absolute Gasteiger partial charge is 0.507 e. The molecule has 16 heavy (non-hydrogen) atoms. The summed E-state index contributed by atoms with van der Waals surface area (Å²) < 4.78 is 0. The fourth-order valence-corrected chi connectivity index (χ4v) is 2.08. The quantitative estimate of drug-likeness (QED) is 0.705. The van der Waals surface area contributed by atoms with Gasteiger partial charge in [-0.1, -0.05) is 12.1 Å². The molecule has 2 aromatic rings. The summed E-state index contributed by atoms with van der Waals surface area (Å²) in [5.41, 5.74) is 0.855. The molecule has 3 nitrogen and oxygen atoms in total. The van der Waals surface area contributed by atoms with Gasteiger partial charge in [-0.3, -0.25) is 4.79 Å². The summed E-state index contributed by atoms with van der Waals surface area (Å²) >= 11 is 0. The molecule has 0 heterocycles. The maximum atomic E-state index is 11.7. The molecule has 0 saturated carbocycles. The minimum atomic E-state index is -0.235. The van der Waals surface area contributed by atoms with Crippen LogP contribution in [0.15, 0.2) is 30.3 Å². The van der Waals surface area contributed by atoms with Gasteiger partial charge >= 0.3 is 0 Å². The normalized spacial score (nSPS) is 13.4. The standard InChI is InChI=1S/C13H8O3/c14-9-4-1-7-2-5-10(15)13-11(16)6-3-8(9)12(7)13/h1-6,14-15H. The Morgan fingerprint density at radius 3 is 2.31 bits per heavy atom. The third-order valence-corrected chi connectivity index (χ3v) is 2.83. The SMILES string of the molecule is O=C1C=Cc2c(O)ccc3ccc(O)c1c23. The summed E-state index contributed by atoms with van der Waals surface area (Å²) in [5.74, 6) is -0.169. The van der Waals surface area contributed by atoms with E-state index >= 15 is 0 Å². The lowest BCUT2D eigenvalue weighted by molar-refractivity contribution is 0.104. The minimum absolute atomic E-state index is 0.0475. The molecular formula is C13H8O3. The fourth-order valence-electron chi connectivity index (χ4n) is 2.08. The Bertz CT molecular complexity index is 649. The highest BCUT2D eigenvalue weighted by atomic mass is 16.3. The lowest BCUT2D eigenvalue weighted by atomic mass is 9.91. The highest BCUT2D eigenvalue weighted by molar-refractivity contribution is 6.22. The number of hydrogen-bond donors (Lipinski definition) is 2. The van der Waals surface area contributed by atoms with Crippen LogP contribution < -0.4 is 0 Å². The van der Waals surface area contributed by atoms with Crippen LogP contribution in [-0.4, -0.2) is 16.0 Å². The summed E-state index contributed by atoms with van der Waals surface area (Å²) in [5, 5.41) is 20.8. The number of hydrogen-bond acceptors (Lipinski definition) is 3. The molecule has 0 aromatic heterocycles. The Kier molecular flexibility index (Phi) is 1.60. The molecule has 0 atom stereocenters. The van der Waals surface area contributed by atoms with Crippen LogP contribution >= 0.6 is 0 Å². The molecule has 78 valence electrons. The van der Waals surface area contributed by atoms with Gasteiger partial charge in [0.15, 0.2) is 5.78 Å². The number of benzene rings is 2. The first-order valence-electron chi connectivity index (χ1n) is 4.88. The van der Waals surface area contributed by atoms with E-state index in [1.54, 1.807) is 24.3 Å². The third kappa shape index (κ3) is 0.997. The van der Waals surface area contributed by atoms with Crippen LogP contribution in [0.3, 0.4) is 0 Å². The van der Waals surface area contributed by atoms with Gasteiger partial charge in [0.05, 0.1) is 5.56 Å². The number of aromatic hydroxyl groups is 2. The van der Waals surface area contributed by atoms with E-state index in [9.17, 15) is 15.0 Å². The van der Waals surface area contributed by atoms with Gasteiger partial charge in [0, 0.05) is 10.9 Å². The monoisotopic (exact) mass is 212 g/mol. The number of ketones is 1. The van der Waals surface area contributed by atoms with Crippen molar-refractivity contribution in [3.63, 3.8) is 0 Å². The molecule has 3 heteroatoms. The van der Waals surface area contributed by atoms with Crippen molar-refractivity contribution in [1.82, 2.24) is 0 Å². The molecule has 3 rings (SSSR count). The molecule has 1 aliphatic carbocycles. The van der Waals surface area contributed by atoms with E-state index < -0.39 is 0 Å². The van der Waals surface area contributed by atoms with E-state index in [2.05, 4.69) is 0 Å². The van der Waals surface area contributed by atoms with Crippen molar-refractivity contribution in [2.75, 3.05) is 0 Å². The Hall–Kier alpha value is -2.29. The van der Waals surface area contributed by atoms with Gasteiger partial charge in [0.2, 0.25) is 0 Å².